The van der Waals surface area contributed by atoms with E-state index in [0.717, 1.165) is 12.3 Å². The van der Waals surface area contributed by atoms with Gasteiger partial charge in [0.2, 0.25) is 0 Å². The third-order valence-corrected chi connectivity index (χ3v) is 3.41. The molecule has 1 heterocycles. The van der Waals surface area contributed by atoms with Crippen molar-refractivity contribution in [2.45, 2.75) is 6.18 Å². The standard InChI is InChI=1S/C12H5Cl3F3N/c13-8-4-10(15)9(14)3-7(8)6-1-2-11(19-5-6)12(16,17)18/h1-5H. The highest BCUT2D eigenvalue weighted by molar-refractivity contribution is 6.44. The molecule has 1 aromatic heterocycles. The maximum atomic E-state index is 12.4. The topological polar surface area (TPSA) is 12.9 Å². The summed E-state index contributed by atoms with van der Waals surface area (Å²) in [5.41, 5.74) is -0.0682. The third kappa shape index (κ3) is 3.14. The molecule has 0 spiro atoms. The molecule has 1 aromatic carbocycles. The summed E-state index contributed by atoms with van der Waals surface area (Å²) in [4.78, 5) is 3.36. The maximum Gasteiger partial charge on any atom is 0.433 e. The van der Waals surface area contributed by atoms with E-state index in [2.05, 4.69) is 4.98 Å². The first-order chi connectivity index (χ1) is 8.79. The lowest BCUT2D eigenvalue weighted by Crippen LogP contribution is -2.07. The Bertz CT molecular complexity index is 609. The molecule has 0 atom stereocenters. The van der Waals surface area contributed by atoms with E-state index >= 15 is 0 Å². The Morgan fingerprint density at radius 3 is 2.05 bits per heavy atom. The quantitative estimate of drug-likeness (QED) is 0.610. The van der Waals surface area contributed by atoms with Crippen LogP contribution in [0, 0.1) is 0 Å². The van der Waals surface area contributed by atoms with Gasteiger partial charge in [-0.3, -0.25) is 4.98 Å². The largest absolute Gasteiger partial charge is 0.433 e. The molecule has 19 heavy (non-hydrogen) atoms. The monoisotopic (exact) mass is 325 g/mol. The van der Waals surface area contributed by atoms with Gasteiger partial charge in [0, 0.05) is 17.3 Å². The van der Waals surface area contributed by atoms with Gasteiger partial charge in [-0.05, 0) is 18.2 Å². The summed E-state index contributed by atoms with van der Waals surface area (Å²) in [6.07, 6.45) is -3.38. The number of hydrogen-bond acceptors (Lipinski definition) is 1. The molecular weight excluding hydrogens is 321 g/mol. The molecule has 0 fully saturated rings. The van der Waals surface area contributed by atoms with Crippen LogP contribution >= 0.6 is 34.8 Å². The lowest BCUT2D eigenvalue weighted by molar-refractivity contribution is -0.141. The Morgan fingerprint density at radius 1 is 0.895 bits per heavy atom. The molecule has 7 heteroatoms. The first kappa shape index (κ1) is 14.4. The fourth-order valence-corrected chi connectivity index (χ4v) is 2.12. The van der Waals surface area contributed by atoms with Crippen molar-refractivity contribution in [3.05, 3.63) is 51.2 Å². The lowest BCUT2D eigenvalue weighted by atomic mass is 10.1. The van der Waals surface area contributed by atoms with Crippen molar-refractivity contribution in [1.82, 2.24) is 4.98 Å². The van der Waals surface area contributed by atoms with Gasteiger partial charge in [0.05, 0.1) is 15.1 Å². The Labute approximate surface area is 121 Å². The second-order valence-electron chi connectivity index (χ2n) is 3.68. The maximum absolute atomic E-state index is 12.4. The summed E-state index contributed by atoms with van der Waals surface area (Å²) >= 11 is 17.6. The summed E-state index contributed by atoms with van der Waals surface area (Å²) in [6, 6.07) is 5.07. The average molecular weight is 327 g/mol. The molecular formula is C12H5Cl3F3N. The van der Waals surface area contributed by atoms with E-state index in [-0.39, 0.29) is 15.1 Å². The fraction of sp³-hybridized carbons (Fsp3) is 0.0833. The van der Waals surface area contributed by atoms with Gasteiger partial charge in [-0.1, -0.05) is 40.9 Å². The van der Waals surface area contributed by atoms with Crippen LogP contribution in [0.2, 0.25) is 15.1 Å². The van der Waals surface area contributed by atoms with Crippen LogP contribution in [0.3, 0.4) is 0 Å². The van der Waals surface area contributed by atoms with E-state index in [1.165, 1.54) is 18.2 Å². The van der Waals surface area contributed by atoms with Gasteiger partial charge in [0.25, 0.3) is 0 Å². The highest BCUT2D eigenvalue weighted by Crippen LogP contribution is 2.36. The van der Waals surface area contributed by atoms with Crippen LogP contribution in [0.1, 0.15) is 5.69 Å². The van der Waals surface area contributed by atoms with E-state index in [4.69, 9.17) is 34.8 Å². The lowest BCUT2D eigenvalue weighted by Gasteiger charge is -2.09. The molecule has 0 amide bonds. The minimum Gasteiger partial charge on any atom is -0.251 e. The van der Waals surface area contributed by atoms with Crippen molar-refractivity contribution >= 4 is 34.8 Å². The van der Waals surface area contributed by atoms with Gasteiger partial charge in [0.15, 0.2) is 0 Å². The van der Waals surface area contributed by atoms with Crippen LogP contribution in [0.25, 0.3) is 11.1 Å². The van der Waals surface area contributed by atoms with Crippen LogP contribution in [-0.4, -0.2) is 4.98 Å². The summed E-state index contributed by atoms with van der Waals surface area (Å²) in [6.45, 7) is 0. The zero-order chi connectivity index (χ0) is 14.2. The minimum atomic E-state index is -4.47. The minimum absolute atomic E-state index is 0.265. The van der Waals surface area contributed by atoms with Gasteiger partial charge in [-0.2, -0.15) is 13.2 Å². The molecule has 2 aromatic rings. The normalized spacial score (nSPS) is 11.7. The molecule has 0 N–H and O–H groups in total. The number of alkyl halides is 3. The number of hydrogen-bond donors (Lipinski definition) is 0. The fourth-order valence-electron chi connectivity index (χ4n) is 1.46. The molecule has 0 saturated carbocycles. The summed E-state index contributed by atoms with van der Waals surface area (Å²) in [5, 5.41) is 0.826. The number of benzene rings is 1. The molecule has 0 unspecified atom stereocenters. The number of nitrogens with zero attached hydrogens (tertiary/aromatic N) is 1. The van der Waals surface area contributed by atoms with Crippen LogP contribution in [0.4, 0.5) is 13.2 Å². The first-order valence-electron chi connectivity index (χ1n) is 4.97. The third-order valence-electron chi connectivity index (χ3n) is 2.37. The van der Waals surface area contributed by atoms with Gasteiger partial charge >= 0.3 is 6.18 Å². The molecule has 0 radical (unpaired) electrons. The van der Waals surface area contributed by atoms with Gasteiger partial charge < -0.3 is 0 Å². The molecule has 0 saturated heterocycles. The first-order valence-corrected chi connectivity index (χ1v) is 6.10. The molecule has 0 aliphatic rings. The van der Waals surface area contributed by atoms with Crippen molar-refractivity contribution in [3.8, 4) is 11.1 Å². The highest BCUT2D eigenvalue weighted by atomic mass is 35.5. The average Bonchev–Trinajstić information content (AvgIpc) is 2.33. The van der Waals surface area contributed by atoms with Crippen molar-refractivity contribution in [1.29, 1.82) is 0 Å². The number of halogens is 6. The van der Waals surface area contributed by atoms with Crippen LogP contribution in [0.15, 0.2) is 30.5 Å². The number of pyridine rings is 1. The van der Waals surface area contributed by atoms with E-state index in [1.807, 2.05) is 0 Å². The summed E-state index contributed by atoms with van der Waals surface area (Å²) in [7, 11) is 0. The number of rotatable bonds is 1. The van der Waals surface area contributed by atoms with Crippen molar-refractivity contribution in [2.24, 2.45) is 0 Å². The summed E-state index contributed by atoms with van der Waals surface area (Å²) < 4.78 is 37.2. The molecule has 0 aliphatic carbocycles. The van der Waals surface area contributed by atoms with E-state index in [0.29, 0.717) is 11.1 Å². The van der Waals surface area contributed by atoms with Crippen LogP contribution in [-0.2, 0) is 6.18 Å². The Kier molecular flexibility index (Phi) is 3.95. The Hall–Kier alpha value is -0.970. The molecule has 2 rings (SSSR count). The molecule has 0 aliphatic heterocycles. The highest BCUT2D eigenvalue weighted by Gasteiger charge is 2.32. The molecule has 1 nitrogen and oxygen atoms in total. The van der Waals surface area contributed by atoms with Gasteiger partial charge in [-0.25, -0.2) is 0 Å². The SMILES string of the molecule is FC(F)(F)c1ccc(-c2cc(Cl)c(Cl)cc2Cl)cn1. The smallest absolute Gasteiger partial charge is 0.251 e. The van der Waals surface area contributed by atoms with E-state index in [1.54, 1.807) is 0 Å². The van der Waals surface area contributed by atoms with Crippen molar-refractivity contribution in [2.75, 3.05) is 0 Å². The van der Waals surface area contributed by atoms with E-state index in [9.17, 15) is 13.2 Å². The number of aromatic nitrogens is 1. The van der Waals surface area contributed by atoms with Crippen molar-refractivity contribution in [3.63, 3.8) is 0 Å². The summed E-state index contributed by atoms with van der Waals surface area (Å²) in [5.74, 6) is 0. The second-order valence-corrected chi connectivity index (χ2v) is 4.90. The van der Waals surface area contributed by atoms with E-state index < -0.39 is 11.9 Å². The molecule has 100 valence electrons. The van der Waals surface area contributed by atoms with Gasteiger partial charge in [-0.15, -0.1) is 0 Å². The Morgan fingerprint density at radius 2 is 1.53 bits per heavy atom. The van der Waals surface area contributed by atoms with Crippen LogP contribution in [0.5, 0.6) is 0 Å². The van der Waals surface area contributed by atoms with Crippen molar-refractivity contribution < 1.29 is 13.2 Å². The zero-order valence-electron chi connectivity index (χ0n) is 9.10. The van der Waals surface area contributed by atoms with Gasteiger partial charge in [0.1, 0.15) is 5.69 Å². The zero-order valence-corrected chi connectivity index (χ0v) is 11.4. The molecule has 0 bridgehead atoms. The predicted octanol–water partition coefficient (Wildman–Crippen LogP) is 5.73. The van der Waals surface area contributed by atoms with Crippen LogP contribution < -0.4 is 0 Å². The Balaban J connectivity index is 2.46. The second kappa shape index (κ2) is 5.19. The predicted molar refractivity (Wildman–Crippen MR) is 69.7 cm³/mol.